The molecule has 0 bridgehead atoms. The van der Waals surface area contributed by atoms with Gasteiger partial charge in [-0.3, -0.25) is 0 Å². The molecule has 2 aromatic rings. The summed E-state index contributed by atoms with van der Waals surface area (Å²) < 4.78 is 1.78. The van der Waals surface area contributed by atoms with E-state index in [-0.39, 0.29) is 0 Å². The maximum absolute atomic E-state index is 4.41. The van der Waals surface area contributed by atoms with E-state index < -0.39 is 0 Å². The van der Waals surface area contributed by atoms with Crippen LogP contribution >= 0.6 is 0 Å². The van der Waals surface area contributed by atoms with Crippen LogP contribution in [0.4, 0.5) is 5.95 Å². The fraction of sp³-hybridized carbons (Fsp3) is 0.538. The highest BCUT2D eigenvalue weighted by atomic mass is 15.3. The summed E-state index contributed by atoms with van der Waals surface area (Å²) >= 11 is 0. The van der Waals surface area contributed by atoms with Crippen LogP contribution in [0.25, 0.3) is 5.65 Å². The molecule has 0 fully saturated rings. The van der Waals surface area contributed by atoms with Gasteiger partial charge in [-0.15, -0.1) is 5.10 Å². The van der Waals surface area contributed by atoms with Crippen molar-refractivity contribution in [2.75, 3.05) is 11.9 Å². The third kappa shape index (κ3) is 2.75. The Hall–Kier alpha value is -1.58. The minimum absolute atomic E-state index is 0.298. The van der Waals surface area contributed by atoms with Gasteiger partial charge in [0.15, 0.2) is 5.65 Å². The second-order valence-corrected chi connectivity index (χ2v) is 5.59. The molecule has 2 rings (SSSR count). The predicted octanol–water partition coefficient (Wildman–Crippen LogP) is 2.82. The second-order valence-electron chi connectivity index (χ2n) is 5.59. The predicted molar refractivity (Wildman–Crippen MR) is 70.1 cm³/mol. The van der Waals surface area contributed by atoms with Gasteiger partial charge in [0.1, 0.15) is 0 Å². The van der Waals surface area contributed by atoms with Crippen molar-refractivity contribution in [3.05, 3.63) is 24.4 Å². The van der Waals surface area contributed by atoms with Gasteiger partial charge in [-0.05, 0) is 23.5 Å². The van der Waals surface area contributed by atoms with Crippen molar-refractivity contribution in [1.82, 2.24) is 14.6 Å². The molecule has 2 aromatic heterocycles. The van der Waals surface area contributed by atoms with Crippen LogP contribution in [0, 0.1) is 11.3 Å². The van der Waals surface area contributed by atoms with Crippen molar-refractivity contribution in [2.24, 2.45) is 11.3 Å². The average Bonchev–Trinajstić information content (AvgIpc) is 2.66. The molecule has 1 N–H and O–H groups in total. The first-order valence-electron chi connectivity index (χ1n) is 6.02. The summed E-state index contributed by atoms with van der Waals surface area (Å²) in [6, 6.07) is 5.86. The summed E-state index contributed by atoms with van der Waals surface area (Å²) in [4.78, 5) is 4.41. The highest BCUT2D eigenvalue weighted by molar-refractivity contribution is 5.42. The number of fused-ring (bicyclic) bond motifs is 1. The molecular weight excluding hydrogens is 212 g/mol. The van der Waals surface area contributed by atoms with Crippen molar-refractivity contribution >= 4 is 11.6 Å². The van der Waals surface area contributed by atoms with E-state index in [1.807, 2.05) is 24.4 Å². The molecule has 0 aliphatic carbocycles. The summed E-state index contributed by atoms with van der Waals surface area (Å²) in [6.07, 6.45) is 1.90. The molecule has 1 unspecified atom stereocenters. The fourth-order valence-electron chi connectivity index (χ4n) is 1.46. The van der Waals surface area contributed by atoms with Gasteiger partial charge in [0.05, 0.1) is 0 Å². The summed E-state index contributed by atoms with van der Waals surface area (Å²) in [6.45, 7) is 9.87. The molecule has 0 saturated carbocycles. The SMILES string of the molecule is CC(CNc1nc2ccccn2n1)C(C)(C)C. The average molecular weight is 232 g/mol. The Morgan fingerprint density at radius 1 is 1.35 bits per heavy atom. The number of pyridine rings is 1. The van der Waals surface area contributed by atoms with Crippen LogP contribution in [0.2, 0.25) is 0 Å². The zero-order valence-electron chi connectivity index (χ0n) is 10.9. The lowest BCUT2D eigenvalue weighted by molar-refractivity contribution is 0.274. The van der Waals surface area contributed by atoms with Crippen molar-refractivity contribution in [3.8, 4) is 0 Å². The molecule has 0 aliphatic heterocycles. The van der Waals surface area contributed by atoms with E-state index in [4.69, 9.17) is 0 Å². The van der Waals surface area contributed by atoms with Gasteiger partial charge >= 0.3 is 0 Å². The van der Waals surface area contributed by atoms with Gasteiger partial charge < -0.3 is 5.32 Å². The first-order chi connectivity index (χ1) is 7.97. The quantitative estimate of drug-likeness (QED) is 0.884. The molecule has 4 nitrogen and oxygen atoms in total. The number of anilines is 1. The third-order valence-electron chi connectivity index (χ3n) is 3.29. The molecule has 0 saturated heterocycles. The zero-order valence-corrected chi connectivity index (χ0v) is 10.9. The van der Waals surface area contributed by atoms with Crippen LogP contribution in [-0.4, -0.2) is 21.1 Å². The van der Waals surface area contributed by atoms with Crippen LogP contribution < -0.4 is 5.32 Å². The normalized spacial score (nSPS) is 13.9. The third-order valence-corrected chi connectivity index (χ3v) is 3.29. The van der Waals surface area contributed by atoms with Gasteiger partial charge in [-0.25, -0.2) is 4.52 Å². The summed E-state index contributed by atoms with van der Waals surface area (Å²) in [5.74, 6) is 1.27. The van der Waals surface area contributed by atoms with E-state index in [1.165, 1.54) is 0 Å². The largest absolute Gasteiger partial charge is 0.353 e. The van der Waals surface area contributed by atoms with E-state index >= 15 is 0 Å². The van der Waals surface area contributed by atoms with E-state index in [0.29, 0.717) is 17.3 Å². The highest BCUT2D eigenvalue weighted by Gasteiger charge is 2.19. The zero-order chi connectivity index (χ0) is 12.5. The number of aromatic nitrogens is 3. The summed E-state index contributed by atoms with van der Waals surface area (Å²) in [5.41, 5.74) is 1.17. The molecule has 92 valence electrons. The van der Waals surface area contributed by atoms with E-state index in [2.05, 4.69) is 43.1 Å². The smallest absolute Gasteiger partial charge is 0.243 e. The van der Waals surface area contributed by atoms with Crippen LogP contribution in [-0.2, 0) is 0 Å². The van der Waals surface area contributed by atoms with Gasteiger partial charge in [0.25, 0.3) is 0 Å². The van der Waals surface area contributed by atoms with Gasteiger partial charge in [-0.1, -0.05) is 33.8 Å². The summed E-state index contributed by atoms with van der Waals surface area (Å²) in [7, 11) is 0. The van der Waals surface area contributed by atoms with Crippen molar-refractivity contribution in [3.63, 3.8) is 0 Å². The fourth-order valence-corrected chi connectivity index (χ4v) is 1.46. The lowest BCUT2D eigenvalue weighted by Gasteiger charge is -2.27. The molecule has 1 atom stereocenters. The lowest BCUT2D eigenvalue weighted by atomic mass is 9.82. The molecule has 0 aliphatic rings. The van der Waals surface area contributed by atoms with Gasteiger partial charge in [0.2, 0.25) is 5.95 Å². The number of hydrogen-bond acceptors (Lipinski definition) is 3. The molecule has 0 aromatic carbocycles. The van der Waals surface area contributed by atoms with Crippen LogP contribution in [0.5, 0.6) is 0 Å². The standard InChI is InChI=1S/C13H20N4/c1-10(13(2,3)4)9-14-12-15-11-7-5-6-8-17(11)16-12/h5-8,10H,9H2,1-4H3,(H,14,16). The first-order valence-corrected chi connectivity index (χ1v) is 6.02. The maximum Gasteiger partial charge on any atom is 0.243 e. The molecule has 0 amide bonds. The number of nitrogens with zero attached hydrogens (tertiary/aromatic N) is 3. The molecule has 17 heavy (non-hydrogen) atoms. The van der Waals surface area contributed by atoms with Gasteiger partial charge in [0, 0.05) is 12.7 Å². The van der Waals surface area contributed by atoms with Crippen molar-refractivity contribution in [1.29, 1.82) is 0 Å². The topological polar surface area (TPSA) is 42.2 Å². The Morgan fingerprint density at radius 2 is 2.12 bits per heavy atom. The Morgan fingerprint density at radius 3 is 2.76 bits per heavy atom. The maximum atomic E-state index is 4.41. The van der Waals surface area contributed by atoms with Gasteiger partial charge in [-0.2, -0.15) is 4.98 Å². The van der Waals surface area contributed by atoms with E-state index in [9.17, 15) is 0 Å². The number of rotatable bonds is 3. The molecule has 2 heterocycles. The number of hydrogen-bond donors (Lipinski definition) is 1. The Kier molecular flexibility index (Phi) is 3.05. The Balaban J connectivity index is 2.04. The van der Waals surface area contributed by atoms with Crippen molar-refractivity contribution < 1.29 is 0 Å². The molecule has 4 heteroatoms. The van der Waals surface area contributed by atoms with Crippen LogP contribution in [0.1, 0.15) is 27.7 Å². The monoisotopic (exact) mass is 232 g/mol. The van der Waals surface area contributed by atoms with Crippen LogP contribution in [0.3, 0.4) is 0 Å². The van der Waals surface area contributed by atoms with E-state index in [1.54, 1.807) is 4.52 Å². The molecule has 0 spiro atoms. The lowest BCUT2D eigenvalue weighted by Crippen LogP contribution is -2.25. The molecular formula is C13H20N4. The Labute approximate surface area is 102 Å². The minimum atomic E-state index is 0.298. The first kappa shape index (κ1) is 11.9. The van der Waals surface area contributed by atoms with Crippen molar-refractivity contribution in [2.45, 2.75) is 27.7 Å². The highest BCUT2D eigenvalue weighted by Crippen LogP contribution is 2.25. The van der Waals surface area contributed by atoms with E-state index in [0.717, 1.165) is 12.2 Å². The Bertz CT molecular complexity index is 462. The minimum Gasteiger partial charge on any atom is -0.353 e. The molecule has 0 radical (unpaired) electrons. The summed E-state index contributed by atoms with van der Waals surface area (Å²) in [5, 5.41) is 7.66. The number of nitrogens with one attached hydrogen (secondary N) is 1. The van der Waals surface area contributed by atoms with Crippen LogP contribution in [0.15, 0.2) is 24.4 Å². The second kappa shape index (κ2) is 4.35.